The number of benzene rings is 7. The van der Waals surface area contributed by atoms with Gasteiger partial charge in [0.25, 0.3) is 0 Å². The Morgan fingerprint density at radius 3 is 1.98 bits per heavy atom. The molecule has 0 fully saturated rings. The summed E-state index contributed by atoms with van der Waals surface area (Å²) in [6.07, 6.45) is -0.582. The van der Waals surface area contributed by atoms with Crippen molar-refractivity contribution in [1.29, 1.82) is 0 Å². The number of imidazole rings is 1. The fourth-order valence-electron chi connectivity index (χ4n) is 8.66. The zero-order valence-corrected chi connectivity index (χ0v) is 39.0. The second-order valence-corrected chi connectivity index (χ2v) is 18.9. The van der Waals surface area contributed by atoms with E-state index in [0.29, 0.717) is 39.1 Å². The third kappa shape index (κ3) is 8.49. The first-order chi connectivity index (χ1) is 36.1. The number of para-hydroxylation sites is 1. The molecule has 0 saturated heterocycles. The van der Waals surface area contributed by atoms with E-state index >= 15 is 0 Å². The molecule has 330 valence electrons. The van der Waals surface area contributed by atoms with Crippen LogP contribution in [0.25, 0.3) is 83.9 Å². The van der Waals surface area contributed by atoms with Gasteiger partial charge in [0.2, 0.25) is 0 Å². The molecule has 0 unspecified atom stereocenters. The average molecular weight is 875 g/mol. The van der Waals surface area contributed by atoms with Crippen molar-refractivity contribution in [3.8, 4) is 78.6 Å². The number of hydrogen-bond acceptors (Lipinski definition) is 3. The number of aromatic hydroxyl groups is 1. The van der Waals surface area contributed by atoms with Gasteiger partial charge < -0.3 is 5.11 Å². The summed E-state index contributed by atoms with van der Waals surface area (Å²) in [4.78, 5) is 9.93. The fraction of sp³-hybridized carbons (Fsp3) is 0.226. The highest BCUT2D eigenvalue weighted by Crippen LogP contribution is 2.46. The van der Waals surface area contributed by atoms with Crippen LogP contribution < -0.4 is 0 Å². The lowest BCUT2D eigenvalue weighted by Crippen LogP contribution is -2.10. The number of fused-ring (bicyclic) bond motifs is 1. The van der Waals surface area contributed by atoms with Crippen molar-refractivity contribution in [3.05, 3.63) is 192 Å². The van der Waals surface area contributed by atoms with E-state index in [9.17, 15) is 7.85 Å². The molecule has 0 radical (unpaired) electrons. The van der Waals surface area contributed by atoms with Crippen molar-refractivity contribution in [3.63, 3.8) is 0 Å². The van der Waals surface area contributed by atoms with Crippen LogP contribution in [-0.4, -0.2) is 19.6 Å². The number of aromatic nitrogens is 3. The van der Waals surface area contributed by atoms with Crippen molar-refractivity contribution >= 4 is 11.0 Å². The second kappa shape index (κ2) is 17.7. The van der Waals surface area contributed by atoms with Crippen LogP contribution in [0.2, 0.25) is 0 Å². The molecule has 9 rings (SSSR count). The predicted molar refractivity (Wildman–Crippen MR) is 279 cm³/mol. The van der Waals surface area contributed by atoms with E-state index in [4.69, 9.17) is 17.3 Å². The summed E-state index contributed by atoms with van der Waals surface area (Å²) in [5, 5.41) is 12.5. The van der Waals surface area contributed by atoms with Crippen molar-refractivity contribution in [2.75, 3.05) is 0 Å². The number of nitrogens with zero attached hydrogens (tertiary/aromatic N) is 3. The van der Waals surface area contributed by atoms with Crippen LogP contribution in [0.5, 0.6) is 5.75 Å². The van der Waals surface area contributed by atoms with Gasteiger partial charge in [0.1, 0.15) is 11.6 Å². The molecule has 0 saturated carbocycles. The van der Waals surface area contributed by atoms with Crippen molar-refractivity contribution in [2.24, 2.45) is 0 Å². The molecule has 0 aliphatic heterocycles. The maximum Gasteiger partial charge on any atom is 0.149 e. The van der Waals surface area contributed by atoms with Gasteiger partial charge in [0.05, 0.1) is 37.6 Å². The lowest BCUT2D eigenvalue weighted by Gasteiger charge is -2.23. The lowest BCUT2D eigenvalue weighted by atomic mass is 9.85. The van der Waals surface area contributed by atoms with Gasteiger partial charge in [-0.1, -0.05) is 183 Å². The van der Waals surface area contributed by atoms with Gasteiger partial charge in [0.15, 0.2) is 0 Å². The highest BCUT2D eigenvalue weighted by atomic mass is 16.3. The molecule has 0 aliphatic carbocycles. The van der Waals surface area contributed by atoms with Crippen LogP contribution in [0.4, 0.5) is 0 Å². The molecular formula is C62H61N3O. The summed E-state index contributed by atoms with van der Waals surface area (Å²) in [6, 6.07) is 35.7. The number of phenolic OH excluding ortho intramolecular Hbond substituents is 1. The maximum atomic E-state index is 12.5. The number of hydrogen-bond donors (Lipinski definition) is 1. The van der Waals surface area contributed by atoms with Gasteiger partial charge in [-0.25, -0.2) is 4.98 Å². The van der Waals surface area contributed by atoms with Gasteiger partial charge in [-0.15, -0.1) is 0 Å². The fourth-order valence-corrected chi connectivity index (χ4v) is 8.66. The van der Waals surface area contributed by atoms with Crippen LogP contribution in [0.1, 0.15) is 123 Å². The minimum absolute atomic E-state index is 0.0369. The molecule has 4 heteroatoms. The normalized spacial score (nSPS) is 14.7. The third-order valence-corrected chi connectivity index (χ3v) is 12.4. The topological polar surface area (TPSA) is 50.9 Å². The Hall–Kier alpha value is -7.04. The summed E-state index contributed by atoms with van der Waals surface area (Å²) in [6.45, 7) is 15.7. The summed E-state index contributed by atoms with van der Waals surface area (Å²) in [5.74, 6) is -0.379. The molecule has 9 aromatic rings. The minimum atomic E-state index is -2.97. The molecule has 0 spiro atoms. The van der Waals surface area contributed by atoms with E-state index in [1.165, 1.54) is 0 Å². The largest absolute Gasteiger partial charge is 0.507 e. The van der Waals surface area contributed by atoms with Crippen molar-refractivity contribution < 1.29 is 20.2 Å². The van der Waals surface area contributed by atoms with E-state index in [1.54, 1.807) is 18.2 Å². The average Bonchev–Trinajstić information content (AvgIpc) is 3.87. The Morgan fingerprint density at radius 2 is 1.30 bits per heavy atom. The number of rotatable bonds is 10. The Labute approximate surface area is 407 Å². The van der Waals surface area contributed by atoms with Crippen molar-refractivity contribution in [2.45, 2.75) is 92.3 Å². The van der Waals surface area contributed by atoms with E-state index in [0.717, 1.165) is 50.2 Å². The second-order valence-electron chi connectivity index (χ2n) is 18.9. The first-order valence-electron chi connectivity index (χ1n) is 28.0. The van der Waals surface area contributed by atoms with Gasteiger partial charge in [-0.2, -0.15) is 0 Å². The number of pyridine rings is 1. The lowest BCUT2D eigenvalue weighted by molar-refractivity contribution is 0.466. The highest BCUT2D eigenvalue weighted by Gasteiger charge is 2.27. The van der Waals surface area contributed by atoms with Crippen LogP contribution in [-0.2, 0) is 5.41 Å². The molecule has 0 amide bonds. The summed E-state index contributed by atoms with van der Waals surface area (Å²) in [5.41, 5.74) is 9.76. The van der Waals surface area contributed by atoms with Gasteiger partial charge >= 0.3 is 0 Å². The molecule has 2 heterocycles. The SMILES string of the molecule is [2H]c1nc(-c2cccc(-c3cccc4c3nc(-c3cc(C(C)C)cc(C(C)C)c3O)n4-c3cc(-c4ccccc4)c(C([2H])(C)C)cc3-c3ccc(C(C)(C)C)cc3)c2)c([2H])c(-c2c([2H])c([2H])c(C([2H])([2H])[2H])c([2H])c2[2H])c1[2H]. The van der Waals surface area contributed by atoms with Crippen LogP contribution in [0, 0.1) is 6.85 Å². The van der Waals surface area contributed by atoms with E-state index in [-0.39, 0.29) is 34.3 Å². The minimum Gasteiger partial charge on any atom is -0.507 e. The monoisotopic (exact) mass is 875 g/mol. The third-order valence-electron chi connectivity index (χ3n) is 12.4. The Kier molecular flexibility index (Phi) is 8.76. The number of phenols is 1. The predicted octanol–water partition coefficient (Wildman–Crippen LogP) is 17.1. The molecule has 0 aliphatic rings. The quantitative estimate of drug-likeness (QED) is 0.149. The van der Waals surface area contributed by atoms with Crippen LogP contribution >= 0.6 is 0 Å². The van der Waals surface area contributed by atoms with Crippen molar-refractivity contribution in [1.82, 2.24) is 14.5 Å². The van der Waals surface area contributed by atoms with Gasteiger partial charge in [0, 0.05) is 28.3 Å². The Balaban J connectivity index is 1.36. The molecular weight excluding hydrogens is 803 g/mol. The Morgan fingerprint density at radius 1 is 0.606 bits per heavy atom. The maximum absolute atomic E-state index is 12.5. The molecule has 7 aromatic carbocycles. The molecule has 4 nitrogen and oxygen atoms in total. The molecule has 0 atom stereocenters. The zero-order chi connectivity index (χ0) is 56.0. The smallest absolute Gasteiger partial charge is 0.149 e. The van der Waals surface area contributed by atoms with E-state index in [1.807, 2.05) is 74.5 Å². The zero-order valence-electron chi connectivity index (χ0n) is 50.0. The van der Waals surface area contributed by atoms with E-state index in [2.05, 4.69) is 100 Å². The first kappa shape index (κ1) is 32.6. The summed E-state index contributed by atoms with van der Waals surface area (Å²) >= 11 is 0. The van der Waals surface area contributed by atoms with Gasteiger partial charge in [-0.05, 0) is 128 Å². The molecule has 66 heavy (non-hydrogen) atoms. The van der Waals surface area contributed by atoms with Crippen LogP contribution in [0.15, 0.2) is 164 Å². The van der Waals surface area contributed by atoms with E-state index < -0.39 is 66.3 Å². The Bertz CT molecular complexity index is 3760. The van der Waals surface area contributed by atoms with Gasteiger partial charge in [-0.3, -0.25) is 9.55 Å². The highest BCUT2D eigenvalue weighted by molar-refractivity contribution is 5.98. The standard InChI is InChI=1S/C62H61N3O/c1-38(2)48-33-52(40(5)6)60(66)55(34-48)61-64-59-50(46-18-14-19-47(32-46)56-35-45(30-31-63-56)42-24-22-41(7)23-25-42)20-15-21-57(59)65(61)58-37-53(43-16-12-11-13-17-43)51(39(3)4)36-54(58)44-26-28-49(29-27-44)62(8,9)10/h11-40,66H,1-10H3/i7D3,22D,23D,24D,25D,30D,31D,35D,39D. The molecule has 0 bridgehead atoms. The summed E-state index contributed by atoms with van der Waals surface area (Å²) in [7, 11) is 0. The molecule has 1 N–H and O–H groups in total. The first-order valence-corrected chi connectivity index (χ1v) is 22.5. The van der Waals surface area contributed by atoms with Crippen LogP contribution in [0.3, 0.4) is 0 Å². The summed E-state index contributed by atoms with van der Waals surface area (Å²) < 4.78 is 97.4. The molecule has 2 aromatic heterocycles.